The second-order valence-corrected chi connectivity index (χ2v) is 25.0. The van der Waals surface area contributed by atoms with Gasteiger partial charge in [-0.2, -0.15) is 0 Å². The summed E-state index contributed by atoms with van der Waals surface area (Å²) >= 11 is 0. The lowest BCUT2D eigenvalue weighted by molar-refractivity contribution is -0.379. The fourth-order valence-corrected chi connectivity index (χ4v) is 11.9. The number of amides is 1. The molecule has 0 aromatic rings. The van der Waals surface area contributed by atoms with E-state index in [1.165, 1.54) is 148 Å². The molecule has 0 aliphatic carbocycles. The number of carbonyl (C=O) groups is 1. The predicted octanol–water partition coefficient (Wildman–Crippen LogP) is 8.83. The van der Waals surface area contributed by atoms with Crippen molar-refractivity contribution in [3.05, 3.63) is 36.5 Å². The minimum Gasteiger partial charge on any atom is -0.394 e. The minimum absolute atomic E-state index is 0.247. The summed E-state index contributed by atoms with van der Waals surface area (Å²) in [5.41, 5.74) is 0. The third-order valence-electron chi connectivity index (χ3n) is 17.5. The first-order chi connectivity index (χ1) is 42.3. The number of hydrogen-bond acceptors (Lipinski definition) is 18. The Kier molecular flexibility index (Phi) is 46.0. The molecule has 87 heavy (non-hydrogen) atoms. The van der Waals surface area contributed by atoms with Crippen molar-refractivity contribution < 1.29 is 89.4 Å². The number of allylic oxidation sites excluding steroid dienone is 6. The number of nitrogens with one attached hydrogen (secondary N) is 1. The van der Waals surface area contributed by atoms with Crippen LogP contribution in [0.15, 0.2) is 36.5 Å². The number of unbranched alkanes of at least 4 members (excludes halogenated alkanes) is 31. The van der Waals surface area contributed by atoms with Gasteiger partial charge in [-0.3, -0.25) is 4.79 Å². The van der Waals surface area contributed by atoms with E-state index in [1.807, 2.05) is 0 Å². The average molecular weight is 1240 g/mol. The molecule has 0 radical (unpaired) electrons. The highest BCUT2D eigenvalue weighted by molar-refractivity contribution is 5.76. The monoisotopic (exact) mass is 1240 g/mol. The van der Waals surface area contributed by atoms with Gasteiger partial charge < -0.3 is 89.9 Å². The Labute approximate surface area is 523 Å². The normalized spacial score (nSPS) is 28.8. The SMILES string of the molecule is CC/C=C\C/C=C\C/C=C\CCCCCCCC(=O)NC(COC1OC(CO)C(OC2OC(CO)C(OC3OC(CO)C(O)C(O)C3O)C(O)C2O)C(O)C1O)C(O)CCCCCCCCCCCCCCCCCCCCCCCCCCCCC. The van der Waals surface area contributed by atoms with Gasteiger partial charge in [0, 0.05) is 6.42 Å². The van der Waals surface area contributed by atoms with Gasteiger partial charge in [-0.1, -0.05) is 243 Å². The van der Waals surface area contributed by atoms with Gasteiger partial charge in [-0.15, -0.1) is 0 Å². The number of aliphatic hydroxyl groups excluding tert-OH is 11. The Morgan fingerprint density at radius 1 is 0.425 bits per heavy atom. The quantitative estimate of drug-likeness (QED) is 0.0200. The summed E-state index contributed by atoms with van der Waals surface area (Å²) in [4.78, 5) is 13.4. The van der Waals surface area contributed by atoms with E-state index in [9.17, 15) is 61.0 Å². The highest BCUT2D eigenvalue weighted by Crippen LogP contribution is 2.33. The highest BCUT2D eigenvalue weighted by Gasteiger charge is 2.53. The number of hydrogen-bond donors (Lipinski definition) is 12. The first-order valence-corrected chi connectivity index (χ1v) is 34.7. The van der Waals surface area contributed by atoms with Crippen LogP contribution in [-0.4, -0.2) is 193 Å². The average Bonchev–Trinajstić information content (AvgIpc) is 2.90. The van der Waals surface area contributed by atoms with E-state index in [4.69, 9.17) is 28.4 Å². The zero-order valence-corrected chi connectivity index (χ0v) is 53.8. The second kappa shape index (κ2) is 50.6. The number of ether oxygens (including phenoxy) is 6. The van der Waals surface area contributed by atoms with Crippen molar-refractivity contribution >= 4 is 5.91 Å². The molecule has 1 amide bonds. The first kappa shape index (κ1) is 79.2. The van der Waals surface area contributed by atoms with Crippen LogP contribution in [-0.2, 0) is 33.2 Å². The van der Waals surface area contributed by atoms with Crippen LogP contribution in [0.2, 0.25) is 0 Å². The molecule has 3 fully saturated rings. The Morgan fingerprint density at radius 3 is 1.24 bits per heavy atom. The van der Waals surface area contributed by atoms with Gasteiger partial charge in [0.15, 0.2) is 18.9 Å². The van der Waals surface area contributed by atoms with Crippen molar-refractivity contribution in [2.75, 3.05) is 26.4 Å². The zero-order valence-electron chi connectivity index (χ0n) is 53.8. The van der Waals surface area contributed by atoms with Crippen molar-refractivity contribution in [2.24, 2.45) is 0 Å². The van der Waals surface area contributed by atoms with E-state index < -0.39 is 124 Å². The smallest absolute Gasteiger partial charge is 0.220 e. The second-order valence-electron chi connectivity index (χ2n) is 25.0. The van der Waals surface area contributed by atoms with Crippen LogP contribution < -0.4 is 5.32 Å². The Morgan fingerprint density at radius 2 is 0.793 bits per heavy atom. The van der Waals surface area contributed by atoms with Crippen LogP contribution in [0.5, 0.6) is 0 Å². The van der Waals surface area contributed by atoms with Crippen LogP contribution in [0, 0.1) is 0 Å². The molecule has 0 aromatic carbocycles. The Bertz CT molecular complexity index is 1720. The van der Waals surface area contributed by atoms with Crippen molar-refractivity contribution in [1.29, 1.82) is 0 Å². The molecule has 12 N–H and O–H groups in total. The molecule has 0 bridgehead atoms. The van der Waals surface area contributed by atoms with Crippen LogP contribution in [0.4, 0.5) is 0 Å². The molecule has 510 valence electrons. The van der Waals surface area contributed by atoms with Gasteiger partial charge in [0.2, 0.25) is 5.91 Å². The Balaban J connectivity index is 1.41. The zero-order chi connectivity index (χ0) is 63.3. The van der Waals surface area contributed by atoms with Gasteiger partial charge in [0.25, 0.3) is 0 Å². The predicted molar refractivity (Wildman–Crippen MR) is 337 cm³/mol. The maximum Gasteiger partial charge on any atom is 0.220 e. The summed E-state index contributed by atoms with van der Waals surface area (Å²) in [7, 11) is 0. The maximum atomic E-state index is 13.4. The largest absolute Gasteiger partial charge is 0.394 e. The van der Waals surface area contributed by atoms with E-state index in [-0.39, 0.29) is 18.9 Å². The van der Waals surface area contributed by atoms with Crippen molar-refractivity contribution in [1.82, 2.24) is 5.32 Å². The summed E-state index contributed by atoms with van der Waals surface area (Å²) in [5.74, 6) is -0.258. The van der Waals surface area contributed by atoms with Crippen LogP contribution >= 0.6 is 0 Å². The van der Waals surface area contributed by atoms with Crippen LogP contribution in [0.25, 0.3) is 0 Å². The molecule has 3 aliphatic rings. The van der Waals surface area contributed by atoms with Crippen molar-refractivity contribution in [3.63, 3.8) is 0 Å². The van der Waals surface area contributed by atoms with E-state index in [1.54, 1.807) is 0 Å². The molecule has 0 aromatic heterocycles. The molecule has 17 unspecified atom stereocenters. The summed E-state index contributed by atoms with van der Waals surface area (Å²) < 4.78 is 34.4. The van der Waals surface area contributed by atoms with Gasteiger partial charge in [-0.05, 0) is 44.9 Å². The van der Waals surface area contributed by atoms with E-state index in [0.29, 0.717) is 12.8 Å². The van der Waals surface area contributed by atoms with E-state index in [0.717, 1.165) is 77.0 Å². The molecular weight excluding hydrogens is 1120 g/mol. The highest BCUT2D eigenvalue weighted by atomic mass is 16.8. The summed E-state index contributed by atoms with van der Waals surface area (Å²) in [6, 6.07) is -0.897. The van der Waals surface area contributed by atoms with Crippen molar-refractivity contribution in [2.45, 2.75) is 362 Å². The number of carbonyl (C=O) groups excluding carboxylic acids is 1. The molecule has 3 saturated heterocycles. The van der Waals surface area contributed by atoms with Gasteiger partial charge in [0.05, 0.1) is 38.6 Å². The minimum atomic E-state index is -1.97. The summed E-state index contributed by atoms with van der Waals surface area (Å²) in [6.45, 7) is 1.69. The lowest BCUT2D eigenvalue weighted by Gasteiger charge is -2.48. The van der Waals surface area contributed by atoms with Gasteiger partial charge in [0.1, 0.15) is 73.2 Å². The molecule has 0 spiro atoms. The van der Waals surface area contributed by atoms with Gasteiger partial charge in [-0.25, -0.2) is 0 Å². The van der Waals surface area contributed by atoms with Crippen LogP contribution in [0.3, 0.4) is 0 Å². The van der Waals surface area contributed by atoms with Crippen molar-refractivity contribution in [3.8, 4) is 0 Å². The number of aliphatic hydroxyl groups is 11. The summed E-state index contributed by atoms with van der Waals surface area (Å²) in [6.07, 6.45) is 30.9. The molecule has 3 heterocycles. The molecule has 17 atom stereocenters. The fourth-order valence-electron chi connectivity index (χ4n) is 11.9. The van der Waals surface area contributed by atoms with Crippen LogP contribution in [0.1, 0.15) is 258 Å². The third kappa shape index (κ3) is 32.9. The molecule has 19 heteroatoms. The molecule has 3 rings (SSSR count). The lowest BCUT2D eigenvalue weighted by atomic mass is 9.96. The van der Waals surface area contributed by atoms with E-state index >= 15 is 0 Å². The lowest BCUT2D eigenvalue weighted by Crippen LogP contribution is -2.66. The topological polar surface area (TPSA) is 307 Å². The first-order valence-electron chi connectivity index (χ1n) is 34.7. The molecule has 3 aliphatic heterocycles. The summed E-state index contributed by atoms with van der Waals surface area (Å²) in [5, 5.41) is 121. The molecule has 19 nitrogen and oxygen atoms in total. The molecular formula is C68H125NO18. The Hall–Kier alpha value is -1.99. The van der Waals surface area contributed by atoms with E-state index in [2.05, 4.69) is 55.6 Å². The fraction of sp³-hybridized carbons (Fsp3) is 0.897. The standard InChI is InChI=1S/C68H125NO18/c1-3-5-7-9-11-13-15-17-19-20-21-22-23-24-25-26-27-28-29-30-32-33-35-37-39-41-43-45-52(73)51(69-56(74)46-44-42-40-38-36-34-31-18-16-14-12-10-8-6-4-2)50-82-66-62(80)59(77)64(54(48-71)84-66)87-68-63(81)60(78)65(55(49-72)85-68)86-67-61(79)58(76)57(75)53(47-70)83-67/h6,8,12,14,18,31,51-55,57-68,70-73,75-81H,3-5,7,9-11,13,15-17,19-30,32-50H2,1-2H3,(H,69,74)/b8-6-,14-12-,31-18-. The van der Waals surface area contributed by atoms with Gasteiger partial charge >= 0.3 is 0 Å². The maximum absolute atomic E-state index is 13.4. The molecule has 0 saturated carbocycles. The number of rotatable bonds is 53. The third-order valence-corrected chi connectivity index (χ3v) is 17.5.